The Hall–Kier alpha value is -2.63. The molecule has 3 rings (SSSR count). The number of aromatic amines is 1. The number of carboxylic acid groups (broad SMARTS) is 1. The highest BCUT2D eigenvalue weighted by Gasteiger charge is 2.37. The Bertz CT molecular complexity index is 736. The predicted molar refractivity (Wildman–Crippen MR) is 81.2 cm³/mol. The van der Waals surface area contributed by atoms with Crippen LogP contribution in [0.1, 0.15) is 47.4 Å². The monoisotopic (exact) mass is 299 g/mol. The molecular formula is C16H17N3O3. The van der Waals surface area contributed by atoms with Gasteiger partial charge in [-0.25, -0.2) is 0 Å². The van der Waals surface area contributed by atoms with Gasteiger partial charge >= 0.3 is 5.97 Å². The third-order valence-electron chi connectivity index (χ3n) is 3.95. The summed E-state index contributed by atoms with van der Waals surface area (Å²) in [4.78, 5) is 25.6. The topological polar surface area (TPSA) is 86.3 Å². The number of carboxylic acids is 1. The number of aliphatic carboxylic acids is 1. The summed E-state index contributed by atoms with van der Waals surface area (Å²) in [5.74, 6) is -1.65. The van der Waals surface area contributed by atoms with E-state index in [0.717, 1.165) is 5.69 Å². The molecule has 114 valence electrons. The molecule has 0 bridgehead atoms. The molecule has 0 radical (unpaired) electrons. The molecule has 1 atom stereocenters. The van der Waals surface area contributed by atoms with Crippen molar-refractivity contribution in [2.75, 3.05) is 11.4 Å². The number of carbonyl (C=O) groups excluding carboxylic acids is 1. The molecule has 0 saturated heterocycles. The van der Waals surface area contributed by atoms with Crippen molar-refractivity contribution in [3.63, 3.8) is 0 Å². The fraction of sp³-hybridized carbons (Fsp3) is 0.312. The number of anilines is 1. The number of amides is 1. The first-order chi connectivity index (χ1) is 10.5. The standard InChI is InChI=1S/C16H17N3O3/c1-9(2)12-7-13(18-17-12)15(20)19-8-11(16(21)22)10-5-3-4-6-14(10)19/h3-7,9,11H,8H2,1-2H3,(H,17,18)(H,21,22). The zero-order valence-corrected chi connectivity index (χ0v) is 12.4. The molecule has 6 nitrogen and oxygen atoms in total. The highest BCUT2D eigenvalue weighted by molar-refractivity contribution is 6.07. The highest BCUT2D eigenvalue weighted by Crippen LogP contribution is 2.37. The van der Waals surface area contributed by atoms with Gasteiger partial charge in [0, 0.05) is 17.9 Å². The zero-order chi connectivity index (χ0) is 15.9. The first-order valence-electron chi connectivity index (χ1n) is 7.18. The summed E-state index contributed by atoms with van der Waals surface area (Å²) >= 11 is 0. The molecular weight excluding hydrogens is 282 g/mol. The van der Waals surface area contributed by atoms with Crippen molar-refractivity contribution in [1.29, 1.82) is 0 Å². The molecule has 0 aliphatic carbocycles. The number of hydrogen-bond donors (Lipinski definition) is 2. The van der Waals surface area contributed by atoms with E-state index >= 15 is 0 Å². The lowest BCUT2D eigenvalue weighted by Gasteiger charge is -2.15. The summed E-state index contributed by atoms with van der Waals surface area (Å²) in [5, 5.41) is 16.3. The van der Waals surface area contributed by atoms with Gasteiger partial charge in [0.1, 0.15) is 5.92 Å². The van der Waals surface area contributed by atoms with Crippen LogP contribution >= 0.6 is 0 Å². The third kappa shape index (κ3) is 2.26. The Balaban J connectivity index is 1.95. The number of H-pyrrole nitrogens is 1. The van der Waals surface area contributed by atoms with Gasteiger partial charge in [-0.05, 0) is 23.6 Å². The number of fused-ring (bicyclic) bond motifs is 1. The van der Waals surface area contributed by atoms with Gasteiger partial charge in [-0.3, -0.25) is 14.7 Å². The van der Waals surface area contributed by atoms with Crippen LogP contribution in [0.25, 0.3) is 0 Å². The number of carbonyl (C=O) groups is 2. The molecule has 2 aromatic rings. The Morgan fingerprint density at radius 1 is 1.36 bits per heavy atom. The fourth-order valence-electron chi connectivity index (χ4n) is 2.69. The summed E-state index contributed by atoms with van der Waals surface area (Å²) in [5.41, 5.74) is 2.51. The summed E-state index contributed by atoms with van der Waals surface area (Å²) in [6, 6.07) is 8.84. The van der Waals surface area contributed by atoms with E-state index in [4.69, 9.17) is 0 Å². The van der Waals surface area contributed by atoms with Crippen LogP contribution in [0.4, 0.5) is 5.69 Å². The Kier molecular flexibility index (Phi) is 3.44. The first kappa shape index (κ1) is 14.3. The van der Waals surface area contributed by atoms with Crippen LogP contribution in [0.2, 0.25) is 0 Å². The minimum atomic E-state index is -0.923. The van der Waals surface area contributed by atoms with Crippen LogP contribution in [0.3, 0.4) is 0 Å². The molecule has 1 unspecified atom stereocenters. The van der Waals surface area contributed by atoms with E-state index in [0.29, 0.717) is 16.9 Å². The largest absolute Gasteiger partial charge is 0.481 e. The minimum Gasteiger partial charge on any atom is -0.481 e. The van der Waals surface area contributed by atoms with Crippen molar-refractivity contribution in [2.24, 2.45) is 0 Å². The first-order valence-corrected chi connectivity index (χ1v) is 7.18. The van der Waals surface area contributed by atoms with Gasteiger partial charge in [-0.15, -0.1) is 0 Å². The number of hydrogen-bond acceptors (Lipinski definition) is 3. The molecule has 1 amide bonds. The quantitative estimate of drug-likeness (QED) is 0.911. The van der Waals surface area contributed by atoms with Gasteiger partial charge in [-0.2, -0.15) is 5.10 Å². The Morgan fingerprint density at radius 2 is 2.09 bits per heavy atom. The van der Waals surface area contributed by atoms with Crippen molar-refractivity contribution < 1.29 is 14.7 Å². The van der Waals surface area contributed by atoms with Gasteiger partial charge in [0.25, 0.3) is 5.91 Å². The predicted octanol–water partition coefficient (Wildman–Crippen LogP) is 2.36. The normalized spacial score (nSPS) is 16.9. The summed E-state index contributed by atoms with van der Waals surface area (Å²) in [7, 11) is 0. The average Bonchev–Trinajstić information content (AvgIpc) is 3.12. The lowest BCUT2D eigenvalue weighted by Crippen LogP contribution is -2.31. The third-order valence-corrected chi connectivity index (χ3v) is 3.95. The van der Waals surface area contributed by atoms with Crippen molar-refractivity contribution >= 4 is 17.6 Å². The van der Waals surface area contributed by atoms with Crippen LogP contribution in [0.5, 0.6) is 0 Å². The van der Waals surface area contributed by atoms with Crippen LogP contribution < -0.4 is 4.90 Å². The SMILES string of the molecule is CC(C)c1cc(C(=O)N2CC(C(=O)O)c3ccccc32)n[nH]1. The van der Waals surface area contributed by atoms with E-state index in [2.05, 4.69) is 10.2 Å². The second-order valence-electron chi connectivity index (χ2n) is 5.73. The number of nitrogens with one attached hydrogen (secondary N) is 1. The molecule has 1 aliphatic heterocycles. The lowest BCUT2D eigenvalue weighted by atomic mass is 10.0. The second kappa shape index (κ2) is 5.29. The molecule has 1 aromatic heterocycles. The molecule has 0 saturated carbocycles. The average molecular weight is 299 g/mol. The number of aromatic nitrogens is 2. The van der Waals surface area contributed by atoms with Crippen LogP contribution in [0, 0.1) is 0 Å². The van der Waals surface area contributed by atoms with Crippen molar-refractivity contribution in [2.45, 2.75) is 25.7 Å². The van der Waals surface area contributed by atoms with Crippen molar-refractivity contribution in [3.8, 4) is 0 Å². The van der Waals surface area contributed by atoms with Gasteiger partial charge in [-0.1, -0.05) is 32.0 Å². The zero-order valence-electron chi connectivity index (χ0n) is 12.4. The summed E-state index contributed by atoms with van der Waals surface area (Å²) in [6.45, 7) is 4.15. The number of rotatable bonds is 3. The van der Waals surface area contributed by atoms with E-state index in [-0.39, 0.29) is 18.4 Å². The number of benzene rings is 1. The van der Waals surface area contributed by atoms with Gasteiger partial charge in [0.15, 0.2) is 5.69 Å². The van der Waals surface area contributed by atoms with Gasteiger partial charge < -0.3 is 10.0 Å². The molecule has 0 fully saturated rings. The van der Waals surface area contributed by atoms with E-state index in [1.807, 2.05) is 13.8 Å². The Morgan fingerprint density at radius 3 is 2.73 bits per heavy atom. The molecule has 22 heavy (non-hydrogen) atoms. The van der Waals surface area contributed by atoms with E-state index in [1.54, 1.807) is 30.3 Å². The molecule has 2 N–H and O–H groups in total. The van der Waals surface area contributed by atoms with Crippen molar-refractivity contribution in [1.82, 2.24) is 10.2 Å². The highest BCUT2D eigenvalue weighted by atomic mass is 16.4. The van der Waals surface area contributed by atoms with Gasteiger partial charge in [0.2, 0.25) is 0 Å². The van der Waals surface area contributed by atoms with Crippen LogP contribution in [-0.2, 0) is 4.79 Å². The molecule has 0 spiro atoms. The van der Waals surface area contributed by atoms with E-state index in [9.17, 15) is 14.7 Å². The summed E-state index contributed by atoms with van der Waals surface area (Å²) in [6.07, 6.45) is 0. The maximum atomic E-state index is 12.7. The Labute approximate surface area is 127 Å². The van der Waals surface area contributed by atoms with E-state index in [1.165, 1.54) is 4.90 Å². The fourth-order valence-corrected chi connectivity index (χ4v) is 2.69. The second-order valence-corrected chi connectivity index (χ2v) is 5.73. The molecule has 6 heteroatoms. The van der Waals surface area contributed by atoms with Crippen LogP contribution in [-0.4, -0.2) is 33.7 Å². The maximum Gasteiger partial charge on any atom is 0.312 e. The molecule has 1 aliphatic rings. The van der Waals surface area contributed by atoms with Crippen molar-refractivity contribution in [3.05, 3.63) is 47.3 Å². The minimum absolute atomic E-state index is 0.136. The molecule has 2 heterocycles. The lowest BCUT2D eigenvalue weighted by molar-refractivity contribution is -0.138. The van der Waals surface area contributed by atoms with Gasteiger partial charge in [0.05, 0.1) is 0 Å². The maximum absolute atomic E-state index is 12.7. The smallest absolute Gasteiger partial charge is 0.312 e. The summed E-state index contributed by atoms with van der Waals surface area (Å²) < 4.78 is 0. The van der Waals surface area contributed by atoms with Crippen LogP contribution in [0.15, 0.2) is 30.3 Å². The number of para-hydroxylation sites is 1. The molecule has 1 aromatic carbocycles. The van der Waals surface area contributed by atoms with E-state index < -0.39 is 11.9 Å². The number of nitrogens with zero attached hydrogens (tertiary/aromatic N) is 2.